The highest BCUT2D eigenvalue weighted by atomic mass is 16.5. The van der Waals surface area contributed by atoms with Crippen LogP contribution in [0.2, 0.25) is 0 Å². The van der Waals surface area contributed by atoms with E-state index in [9.17, 15) is 9.59 Å². The van der Waals surface area contributed by atoms with E-state index < -0.39 is 11.9 Å². The van der Waals surface area contributed by atoms with Gasteiger partial charge in [0.2, 0.25) is 11.8 Å². The summed E-state index contributed by atoms with van der Waals surface area (Å²) < 4.78 is 5.36. The number of carbonyl (C=O) groups is 2. The van der Waals surface area contributed by atoms with Crippen LogP contribution in [-0.4, -0.2) is 49.1 Å². The van der Waals surface area contributed by atoms with Crippen molar-refractivity contribution in [1.82, 2.24) is 4.90 Å². The molecular weight excluding hydrogens is 234 g/mol. The minimum Gasteiger partial charge on any atom is -0.381 e. The first-order valence-electron chi connectivity index (χ1n) is 6.43. The average molecular weight is 255 g/mol. The SMILES string of the molecule is NC(=O)CC(N)C(=O)N1CCC2(CCOCC2)C1. The van der Waals surface area contributed by atoms with Crippen molar-refractivity contribution in [3.63, 3.8) is 0 Å². The van der Waals surface area contributed by atoms with Crippen LogP contribution in [0.5, 0.6) is 0 Å². The average Bonchev–Trinajstić information content (AvgIpc) is 2.72. The van der Waals surface area contributed by atoms with Gasteiger partial charge in [0, 0.05) is 26.3 Å². The van der Waals surface area contributed by atoms with E-state index in [1.807, 2.05) is 0 Å². The molecule has 0 aromatic heterocycles. The summed E-state index contributed by atoms with van der Waals surface area (Å²) in [7, 11) is 0. The van der Waals surface area contributed by atoms with E-state index in [4.69, 9.17) is 16.2 Å². The molecule has 2 aliphatic rings. The first kappa shape index (κ1) is 13.3. The molecule has 0 aromatic carbocycles. The van der Waals surface area contributed by atoms with Crippen LogP contribution < -0.4 is 11.5 Å². The first-order valence-corrected chi connectivity index (χ1v) is 6.43. The maximum atomic E-state index is 12.1. The summed E-state index contributed by atoms with van der Waals surface area (Å²) in [5.74, 6) is -0.687. The molecule has 2 heterocycles. The zero-order valence-corrected chi connectivity index (χ0v) is 10.6. The molecule has 0 bridgehead atoms. The van der Waals surface area contributed by atoms with Gasteiger partial charge in [0.1, 0.15) is 0 Å². The minimum absolute atomic E-state index is 0.0779. The summed E-state index contributed by atoms with van der Waals surface area (Å²) in [4.78, 5) is 24.6. The Morgan fingerprint density at radius 3 is 2.56 bits per heavy atom. The lowest BCUT2D eigenvalue weighted by atomic mass is 9.80. The maximum absolute atomic E-state index is 12.1. The Kier molecular flexibility index (Phi) is 3.87. The van der Waals surface area contributed by atoms with Gasteiger partial charge in [0.05, 0.1) is 12.5 Å². The van der Waals surface area contributed by atoms with Gasteiger partial charge in [0.25, 0.3) is 0 Å². The van der Waals surface area contributed by atoms with Crippen LogP contribution in [0.4, 0.5) is 0 Å². The van der Waals surface area contributed by atoms with Crippen molar-refractivity contribution >= 4 is 11.8 Å². The molecule has 2 saturated heterocycles. The number of amides is 2. The second-order valence-corrected chi connectivity index (χ2v) is 5.40. The Morgan fingerprint density at radius 1 is 1.28 bits per heavy atom. The smallest absolute Gasteiger partial charge is 0.240 e. The Balaban J connectivity index is 1.91. The number of likely N-dealkylation sites (tertiary alicyclic amines) is 1. The Bertz CT molecular complexity index is 339. The molecule has 18 heavy (non-hydrogen) atoms. The molecular formula is C12H21N3O3. The van der Waals surface area contributed by atoms with Gasteiger partial charge in [-0.25, -0.2) is 0 Å². The Hall–Kier alpha value is -1.14. The molecule has 6 heteroatoms. The maximum Gasteiger partial charge on any atom is 0.240 e. The summed E-state index contributed by atoms with van der Waals surface area (Å²) in [5, 5.41) is 0. The van der Waals surface area contributed by atoms with E-state index in [1.54, 1.807) is 4.90 Å². The zero-order valence-electron chi connectivity index (χ0n) is 10.6. The van der Waals surface area contributed by atoms with E-state index in [0.717, 1.165) is 45.6 Å². The highest BCUT2D eigenvalue weighted by Gasteiger charge is 2.41. The van der Waals surface area contributed by atoms with Gasteiger partial charge in [-0.1, -0.05) is 0 Å². The van der Waals surface area contributed by atoms with Crippen molar-refractivity contribution in [1.29, 1.82) is 0 Å². The van der Waals surface area contributed by atoms with Crippen LogP contribution in [-0.2, 0) is 14.3 Å². The van der Waals surface area contributed by atoms with Gasteiger partial charge >= 0.3 is 0 Å². The number of primary amides is 1. The lowest BCUT2D eigenvalue weighted by Gasteiger charge is -2.33. The first-order chi connectivity index (χ1) is 8.52. The summed E-state index contributed by atoms with van der Waals surface area (Å²) in [5.41, 5.74) is 11.0. The predicted molar refractivity (Wildman–Crippen MR) is 65.5 cm³/mol. The fourth-order valence-electron chi connectivity index (χ4n) is 2.87. The normalized spacial score (nSPS) is 24.2. The molecule has 2 rings (SSSR count). The summed E-state index contributed by atoms with van der Waals surface area (Å²) in [6.07, 6.45) is 2.93. The van der Waals surface area contributed by atoms with Gasteiger partial charge in [-0.3, -0.25) is 9.59 Å². The molecule has 1 atom stereocenters. The summed E-state index contributed by atoms with van der Waals surface area (Å²) in [6, 6.07) is -0.794. The second-order valence-electron chi connectivity index (χ2n) is 5.40. The molecule has 6 nitrogen and oxygen atoms in total. The fraction of sp³-hybridized carbons (Fsp3) is 0.833. The number of hydrogen-bond acceptors (Lipinski definition) is 4. The molecule has 0 radical (unpaired) electrons. The molecule has 0 saturated carbocycles. The quantitative estimate of drug-likeness (QED) is 0.691. The summed E-state index contributed by atoms with van der Waals surface area (Å²) >= 11 is 0. The van der Waals surface area contributed by atoms with Crippen molar-refractivity contribution in [2.45, 2.75) is 31.7 Å². The van der Waals surface area contributed by atoms with Crippen molar-refractivity contribution in [2.75, 3.05) is 26.3 Å². The molecule has 2 amide bonds. The number of hydrogen-bond donors (Lipinski definition) is 2. The molecule has 4 N–H and O–H groups in total. The van der Waals surface area contributed by atoms with E-state index in [1.165, 1.54) is 0 Å². The van der Waals surface area contributed by atoms with Crippen molar-refractivity contribution in [2.24, 2.45) is 16.9 Å². The standard InChI is InChI=1S/C12H21N3O3/c13-9(7-10(14)16)11(17)15-4-1-12(8-15)2-5-18-6-3-12/h9H,1-8,13H2,(H2,14,16). The summed E-state index contributed by atoms with van der Waals surface area (Å²) in [6.45, 7) is 3.01. The number of nitrogens with zero attached hydrogens (tertiary/aromatic N) is 1. The van der Waals surface area contributed by atoms with E-state index >= 15 is 0 Å². The third-order valence-electron chi connectivity index (χ3n) is 4.04. The van der Waals surface area contributed by atoms with Crippen LogP contribution in [0.1, 0.15) is 25.7 Å². The minimum atomic E-state index is -0.794. The fourth-order valence-corrected chi connectivity index (χ4v) is 2.87. The molecule has 1 unspecified atom stereocenters. The van der Waals surface area contributed by atoms with Crippen LogP contribution >= 0.6 is 0 Å². The lowest BCUT2D eigenvalue weighted by Crippen LogP contribution is -2.45. The highest BCUT2D eigenvalue weighted by molar-refractivity contribution is 5.87. The third-order valence-corrected chi connectivity index (χ3v) is 4.04. The van der Waals surface area contributed by atoms with E-state index in [2.05, 4.69) is 0 Å². The van der Waals surface area contributed by atoms with Crippen LogP contribution in [0.15, 0.2) is 0 Å². The van der Waals surface area contributed by atoms with E-state index in [0.29, 0.717) is 0 Å². The van der Waals surface area contributed by atoms with Crippen LogP contribution in [0, 0.1) is 5.41 Å². The van der Waals surface area contributed by atoms with Crippen LogP contribution in [0.25, 0.3) is 0 Å². The third kappa shape index (κ3) is 2.81. The van der Waals surface area contributed by atoms with Crippen molar-refractivity contribution in [3.8, 4) is 0 Å². The number of carbonyl (C=O) groups excluding carboxylic acids is 2. The highest BCUT2D eigenvalue weighted by Crippen LogP contribution is 2.39. The number of rotatable bonds is 3. The number of ether oxygens (including phenoxy) is 1. The molecule has 2 aliphatic heterocycles. The molecule has 2 fully saturated rings. The predicted octanol–water partition coefficient (Wildman–Crippen LogP) is -0.782. The van der Waals surface area contributed by atoms with Gasteiger partial charge in [-0.15, -0.1) is 0 Å². The largest absolute Gasteiger partial charge is 0.381 e. The van der Waals surface area contributed by atoms with Gasteiger partial charge in [0.15, 0.2) is 0 Å². The van der Waals surface area contributed by atoms with Gasteiger partial charge < -0.3 is 21.1 Å². The molecule has 0 aromatic rings. The molecule has 1 spiro atoms. The Labute approximate surface area is 107 Å². The Morgan fingerprint density at radius 2 is 1.94 bits per heavy atom. The van der Waals surface area contributed by atoms with Gasteiger partial charge in [-0.05, 0) is 24.7 Å². The second kappa shape index (κ2) is 5.24. The lowest BCUT2D eigenvalue weighted by molar-refractivity contribution is -0.134. The van der Waals surface area contributed by atoms with Crippen molar-refractivity contribution in [3.05, 3.63) is 0 Å². The molecule has 102 valence electrons. The van der Waals surface area contributed by atoms with E-state index in [-0.39, 0.29) is 17.7 Å². The topological polar surface area (TPSA) is 98.7 Å². The number of nitrogens with two attached hydrogens (primary N) is 2. The van der Waals surface area contributed by atoms with Crippen LogP contribution in [0.3, 0.4) is 0 Å². The van der Waals surface area contributed by atoms with Crippen molar-refractivity contribution < 1.29 is 14.3 Å². The molecule has 0 aliphatic carbocycles. The monoisotopic (exact) mass is 255 g/mol. The zero-order chi connectivity index (χ0) is 13.2. The van der Waals surface area contributed by atoms with Gasteiger partial charge in [-0.2, -0.15) is 0 Å².